The van der Waals surface area contributed by atoms with Gasteiger partial charge in [-0.3, -0.25) is 4.79 Å². The quantitative estimate of drug-likeness (QED) is 0.490. The molecular weight excluding hydrogens is 500 g/mol. The summed E-state index contributed by atoms with van der Waals surface area (Å²) in [4.78, 5) is 22.4. The number of nitrogens with zero attached hydrogens (tertiary/aromatic N) is 5. The minimum absolute atomic E-state index is 0.102. The molecule has 0 aliphatic rings. The summed E-state index contributed by atoms with van der Waals surface area (Å²) in [5, 5.41) is 4.12. The molecule has 0 fully saturated rings. The van der Waals surface area contributed by atoms with Crippen LogP contribution < -0.4 is 0 Å². The summed E-state index contributed by atoms with van der Waals surface area (Å²) in [6.45, 7) is 2.04. The maximum absolute atomic E-state index is 13.8. The van der Waals surface area contributed by atoms with Crippen molar-refractivity contribution in [2.24, 2.45) is 0 Å². The van der Waals surface area contributed by atoms with Gasteiger partial charge in [-0.25, -0.2) is 18.3 Å². The van der Waals surface area contributed by atoms with E-state index >= 15 is 0 Å². The molecule has 0 saturated carbocycles. The topological polar surface area (TPSA) is 63.4 Å². The molecule has 1 aromatic carbocycles. The number of aromatic nitrogens is 4. The molecule has 0 unspecified atom stereocenters. The molecule has 10 heteroatoms. The van der Waals surface area contributed by atoms with Crippen molar-refractivity contribution in [3.05, 3.63) is 56.5 Å². The van der Waals surface area contributed by atoms with Gasteiger partial charge in [-0.05, 0) is 31.2 Å². The molecule has 0 saturated heterocycles. The van der Waals surface area contributed by atoms with E-state index in [2.05, 4.69) is 46.9 Å². The lowest BCUT2D eigenvalue weighted by Crippen LogP contribution is -2.41. The van der Waals surface area contributed by atoms with E-state index in [0.29, 0.717) is 26.7 Å². The Bertz CT molecular complexity index is 999. The van der Waals surface area contributed by atoms with Gasteiger partial charge < -0.3 is 4.90 Å². The van der Waals surface area contributed by atoms with Crippen LogP contribution in [-0.4, -0.2) is 49.4 Å². The standard InChI is InChI=1S/C18H17Br2F2N5O/c1-11-5-15(27-17(25-11)23-10-24-27)3-4-26(9-18(2,21)22)16(28)12-6-13(19)8-14(20)7-12/h5-8,10H,3-4,9H2,1-2H3. The van der Waals surface area contributed by atoms with Crippen LogP contribution in [0.5, 0.6) is 0 Å². The van der Waals surface area contributed by atoms with Crippen molar-refractivity contribution in [1.29, 1.82) is 0 Å². The zero-order valence-corrected chi connectivity index (χ0v) is 18.3. The van der Waals surface area contributed by atoms with E-state index in [4.69, 9.17) is 0 Å². The van der Waals surface area contributed by atoms with Crippen LogP contribution in [0.1, 0.15) is 28.7 Å². The number of halogens is 4. The second-order valence-electron chi connectivity index (χ2n) is 6.57. The third kappa shape index (κ3) is 5.11. The number of fused-ring (bicyclic) bond motifs is 1. The Kier molecular flexibility index (Phi) is 6.09. The van der Waals surface area contributed by atoms with E-state index in [1.165, 1.54) is 6.33 Å². The zero-order valence-electron chi connectivity index (χ0n) is 15.2. The molecule has 0 aliphatic carbocycles. The number of hydrogen-bond donors (Lipinski definition) is 0. The molecule has 148 valence electrons. The van der Waals surface area contributed by atoms with Gasteiger partial charge in [-0.15, -0.1) is 0 Å². The van der Waals surface area contributed by atoms with Crippen LogP contribution in [-0.2, 0) is 6.42 Å². The molecule has 2 aromatic heterocycles. The van der Waals surface area contributed by atoms with Crippen LogP contribution in [0.4, 0.5) is 8.78 Å². The lowest BCUT2D eigenvalue weighted by atomic mass is 10.1. The first-order valence-electron chi connectivity index (χ1n) is 8.42. The van der Waals surface area contributed by atoms with E-state index in [0.717, 1.165) is 23.2 Å². The summed E-state index contributed by atoms with van der Waals surface area (Å²) in [6, 6.07) is 6.81. The highest BCUT2D eigenvalue weighted by molar-refractivity contribution is 9.11. The van der Waals surface area contributed by atoms with Gasteiger partial charge in [0.2, 0.25) is 0 Å². The van der Waals surface area contributed by atoms with E-state index < -0.39 is 18.4 Å². The van der Waals surface area contributed by atoms with E-state index in [1.54, 1.807) is 22.7 Å². The first kappa shape index (κ1) is 20.8. The SMILES string of the molecule is Cc1cc(CCN(CC(C)(F)F)C(=O)c2cc(Br)cc(Br)c2)n2ncnc2n1. The molecule has 0 aliphatic heterocycles. The predicted molar refractivity (Wildman–Crippen MR) is 108 cm³/mol. The minimum atomic E-state index is -3.02. The van der Waals surface area contributed by atoms with Crippen molar-refractivity contribution in [3.8, 4) is 0 Å². The summed E-state index contributed by atoms with van der Waals surface area (Å²) in [5.74, 6) is -3.05. The van der Waals surface area contributed by atoms with Crippen LogP contribution in [0.15, 0.2) is 39.5 Å². The smallest absolute Gasteiger partial charge is 0.262 e. The molecule has 0 atom stereocenters. The number of rotatable bonds is 6. The van der Waals surface area contributed by atoms with Crippen molar-refractivity contribution in [2.45, 2.75) is 26.2 Å². The Labute approximate surface area is 177 Å². The van der Waals surface area contributed by atoms with E-state index in [-0.39, 0.29) is 6.54 Å². The van der Waals surface area contributed by atoms with Crippen molar-refractivity contribution >= 4 is 43.5 Å². The summed E-state index contributed by atoms with van der Waals surface area (Å²) in [6.07, 6.45) is 1.72. The van der Waals surface area contributed by atoms with Gasteiger partial charge in [0.1, 0.15) is 6.33 Å². The lowest BCUT2D eigenvalue weighted by Gasteiger charge is -2.26. The predicted octanol–water partition coefficient (Wildman–Crippen LogP) is 4.30. The number of hydrogen-bond acceptors (Lipinski definition) is 4. The van der Waals surface area contributed by atoms with Gasteiger partial charge in [-0.2, -0.15) is 10.1 Å². The Hall–Kier alpha value is -1.94. The average molecular weight is 517 g/mol. The summed E-state index contributed by atoms with van der Waals surface area (Å²) in [7, 11) is 0. The fourth-order valence-electron chi connectivity index (χ4n) is 2.88. The molecule has 0 N–H and O–H groups in total. The number of aryl methyl sites for hydroxylation is 1. The normalized spacial score (nSPS) is 11.8. The Balaban J connectivity index is 1.87. The molecule has 6 nitrogen and oxygen atoms in total. The maximum Gasteiger partial charge on any atom is 0.262 e. The van der Waals surface area contributed by atoms with Crippen LogP contribution in [0.25, 0.3) is 5.78 Å². The maximum atomic E-state index is 13.8. The van der Waals surface area contributed by atoms with Crippen molar-refractivity contribution in [1.82, 2.24) is 24.5 Å². The van der Waals surface area contributed by atoms with Gasteiger partial charge >= 0.3 is 0 Å². The zero-order chi connectivity index (χ0) is 20.5. The third-order valence-electron chi connectivity index (χ3n) is 3.96. The number of amides is 1. The highest BCUT2D eigenvalue weighted by atomic mass is 79.9. The Morgan fingerprint density at radius 2 is 1.89 bits per heavy atom. The van der Waals surface area contributed by atoms with E-state index in [9.17, 15) is 13.6 Å². The molecule has 3 aromatic rings. The van der Waals surface area contributed by atoms with Gasteiger partial charge in [0.15, 0.2) is 0 Å². The van der Waals surface area contributed by atoms with Crippen molar-refractivity contribution < 1.29 is 13.6 Å². The lowest BCUT2D eigenvalue weighted by molar-refractivity contribution is -0.0108. The number of benzene rings is 1. The molecule has 1 amide bonds. The monoisotopic (exact) mass is 515 g/mol. The van der Waals surface area contributed by atoms with Crippen LogP contribution >= 0.6 is 31.9 Å². The summed E-state index contributed by atoms with van der Waals surface area (Å²) >= 11 is 6.65. The van der Waals surface area contributed by atoms with Crippen LogP contribution in [0.2, 0.25) is 0 Å². The third-order valence-corrected chi connectivity index (χ3v) is 4.87. The summed E-state index contributed by atoms with van der Waals surface area (Å²) in [5.41, 5.74) is 1.81. The molecular formula is C18H17Br2F2N5O. The molecule has 3 rings (SSSR count). The van der Waals surface area contributed by atoms with Gasteiger partial charge in [0.05, 0.1) is 6.54 Å². The molecule has 0 bridgehead atoms. The van der Waals surface area contributed by atoms with Crippen LogP contribution in [0, 0.1) is 6.92 Å². The molecule has 0 spiro atoms. The van der Waals surface area contributed by atoms with Crippen molar-refractivity contribution in [3.63, 3.8) is 0 Å². The average Bonchev–Trinajstić information content (AvgIpc) is 3.04. The Morgan fingerprint density at radius 3 is 2.54 bits per heavy atom. The highest BCUT2D eigenvalue weighted by Crippen LogP contribution is 2.23. The molecule has 28 heavy (non-hydrogen) atoms. The molecule has 2 heterocycles. The number of carbonyl (C=O) groups excluding carboxylic acids is 1. The second-order valence-corrected chi connectivity index (χ2v) is 8.40. The van der Waals surface area contributed by atoms with E-state index in [1.807, 2.05) is 13.0 Å². The van der Waals surface area contributed by atoms with Gasteiger partial charge in [0.25, 0.3) is 17.6 Å². The fraction of sp³-hybridized carbons (Fsp3) is 0.333. The minimum Gasteiger partial charge on any atom is -0.332 e. The Morgan fingerprint density at radius 1 is 1.21 bits per heavy atom. The van der Waals surface area contributed by atoms with Crippen molar-refractivity contribution in [2.75, 3.05) is 13.1 Å². The first-order valence-corrected chi connectivity index (χ1v) is 10.0. The van der Waals surface area contributed by atoms with Crippen LogP contribution in [0.3, 0.4) is 0 Å². The van der Waals surface area contributed by atoms with Gasteiger partial charge in [-0.1, -0.05) is 31.9 Å². The summed E-state index contributed by atoms with van der Waals surface area (Å²) < 4.78 is 30.4. The largest absolute Gasteiger partial charge is 0.332 e. The fourth-order valence-corrected chi connectivity index (χ4v) is 4.18. The van der Waals surface area contributed by atoms with Gasteiger partial charge in [0, 0.05) is 45.8 Å². The second kappa shape index (κ2) is 8.20. The number of alkyl halides is 2. The molecule has 0 radical (unpaired) electrons. The number of carbonyl (C=O) groups is 1. The first-order chi connectivity index (χ1) is 13.1. The highest BCUT2D eigenvalue weighted by Gasteiger charge is 2.29.